The van der Waals surface area contributed by atoms with Crippen molar-refractivity contribution in [1.82, 2.24) is 0 Å². The van der Waals surface area contributed by atoms with Crippen LogP contribution in [0.4, 0.5) is 0 Å². The predicted molar refractivity (Wildman–Crippen MR) is 11.3 cm³/mol. The minimum absolute atomic E-state index is 0. The third kappa shape index (κ3) is 13.5. The zero-order chi connectivity index (χ0) is 2.71. The van der Waals surface area contributed by atoms with Gasteiger partial charge in [0.1, 0.15) is 0 Å². The molecule has 0 aromatic heterocycles. The maximum atomic E-state index is 8.50. The molecule has 0 rings (SSSR count). The Hall–Kier alpha value is 0.847. The first-order chi connectivity index (χ1) is 1.41. The summed E-state index contributed by atoms with van der Waals surface area (Å²) in [6, 6.07) is 0. The molecule has 0 radical (unpaired) electrons. The number of rotatable bonds is 0. The molecule has 0 saturated carbocycles. The van der Waals surface area contributed by atoms with Gasteiger partial charge in [-0.2, -0.15) is 0 Å². The van der Waals surface area contributed by atoms with E-state index in [0.29, 0.717) is 0 Å². The fourth-order valence-electron chi connectivity index (χ4n) is 0. The molecule has 0 N–H and O–H groups in total. The normalized spacial score (nSPS) is 2.00. The number of hydrogen-bond donors (Lipinski definition) is 0. The van der Waals surface area contributed by atoms with Crippen LogP contribution in [0.15, 0.2) is 0 Å². The van der Waals surface area contributed by atoms with Gasteiger partial charge in [0.05, 0.1) is 0 Å². The van der Waals surface area contributed by atoms with Crippen LogP contribution in [0.5, 0.6) is 0 Å². The van der Waals surface area contributed by atoms with Gasteiger partial charge in [-0.15, -0.1) is 0 Å². The van der Waals surface area contributed by atoms with Gasteiger partial charge in [-0.1, -0.05) is 0 Å². The van der Waals surface area contributed by atoms with Crippen LogP contribution in [-0.2, 0) is 25.7 Å². The quantitative estimate of drug-likeness (QED) is 0.358. The summed E-state index contributed by atoms with van der Waals surface area (Å²) in [5, 5.41) is 0. The zero-order valence-electron chi connectivity index (χ0n) is 1.32. The van der Waals surface area contributed by atoms with Crippen LogP contribution in [0.3, 0.4) is 0 Å². The van der Waals surface area contributed by atoms with Gasteiger partial charge in [0.25, 0.3) is 0 Å². The molecule has 0 aliphatic carbocycles. The van der Waals surface area contributed by atoms with Crippen molar-refractivity contribution in [3.05, 3.63) is 0 Å². The van der Waals surface area contributed by atoms with Crippen LogP contribution in [0.1, 0.15) is 0 Å². The average molecular weight is 110 g/mol. The molecular weight excluding hydrogens is 107 g/mol. The number of hydrogen-bond acceptors (Lipinski definition) is 2. The Bertz CT molecular complexity index is 27.0. The molecular formula is H3AlO2Ti. The second-order valence-electron chi connectivity index (χ2n) is 0.0833. The van der Waals surface area contributed by atoms with Crippen molar-refractivity contribution in [2.75, 3.05) is 0 Å². The van der Waals surface area contributed by atoms with Gasteiger partial charge in [0.15, 0.2) is 17.4 Å². The van der Waals surface area contributed by atoms with E-state index in [4.69, 9.17) is 6.65 Å². The summed E-state index contributed by atoms with van der Waals surface area (Å²) < 4.78 is 17.0. The molecule has 0 aliphatic rings. The van der Waals surface area contributed by atoms with Crippen LogP contribution in [-0.4, -0.2) is 17.4 Å². The molecule has 0 unspecified atom stereocenters. The van der Waals surface area contributed by atoms with Crippen LogP contribution in [0, 0.1) is 0 Å². The molecule has 0 saturated heterocycles. The molecule has 2 nitrogen and oxygen atoms in total. The second-order valence-corrected chi connectivity index (χ2v) is 0.344. The summed E-state index contributed by atoms with van der Waals surface area (Å²) in [5.41, 5.74) is 0. The summed E-state index contributed by atoms with van der Waals surface area (Å²) in [6.45, 7) is 0. The monoisotopic (exact) mass is 110 g/mol. The van der Waals surface area contributed by atoms with Crippen molar-refractivity contribution in [2.24, 2.45) is 0 Å². The standard InChI is InChI=1S/Al.2O.Ti.3H. The Morgan fingerprint density at radius 3 is 1.25 bits per heavy atom. The maximum absolute atomic E-state index is 8.50. The Morgan fingerprint density at radius 2 is 1.25 bits per heavy atom. The van der Waals surface area contributed by atoms with E-state index < -0.39 is 19.1 Å². The Labute approximate surface area is 43.3 Å². The fraction of sp³-hybridized carbons (Fsp3) is 0. The Kier molecular flexibility index (Phi) is 20.2. The van der Waals surface area contributed by atoms with E-state index in [-0.39, 0.29) is 17.4 Å². The van der Waals surface area contributed by atoms with E-state index in [9.17, 15) is 0 Å². The van der Waals surface area contributed by atoms with Crippen molar-refractivity contribution in [2.45, 2.75) is 0 Å². The molecule has 0 aliphatic heterocycles. The summed E-state index contributed by atoms with van der Waals surface area (Å²) in [4.78, 5) is 0. The summed E-state index contributed by atoms with van der Waals surface area (Å²) in [5.74, 6) is 0. The van der Waals surface area contributed by atoms with Crippen molar-refractivity contribution in [3.63, 3.8) is 0 Å². The Balaban J connectivity index is 0. The average Bonchev–Trinajstić information content (AvgIpc) is 0.918. The zero-order valence-corrected chi connectivity index (χ0v) is 2.88. The first kappa shape index (κ1) is 8.85. The molecule has 0 aromatic rings. The van der Waals surface area contributed by atoms with E-state index in [0.717, 1.165) is 0 Å². The van der Waals surface area contributed by atoms with Gasteiger partial charge < -0.3 is 0 Å². The second kappa shape index (κ2) is 9.14. The molecule has 0 aromatic carbocycles. The van der Waals surface area contributed by atoms with Gasteiger partial charge in [-0.05, 0) is 0 Å². The van der Waals surface area contributed by atoms with Gasteiger partial charge in [-0.25, -0.2) is 0 Å². The van der Waals surface area contributed by atoms with Crippen LogP contribution < -0.4 is 0 Å². The van der Waals surface area contributed by atoms with Gasteiger partial charge in [-0.3, -0.25) is 0 Å². The molecule has 4 heteroatoms. The topological polar surface area (TPSA) is 34.1 Å². The van der Waals surface area contributed by atoms with Crippen LogP contribution >= 0.6 is 0 Å². The molecule has 0 amide bonds. The van der Waals surface area contributed by atoms with Crippen molar-refractivity contribution < 1.29 is 25.7 Å². The molecule has 0 atom stereocenters. The SMILES string of the molecule is [AlH3].[O]=[Ti]=[O]. The summed E-state index contributed by atoms with van der Waals surface area (Å²) in [6.07, 6.45) is 0. The third-order valence-electron chi connectivity index (χ3n) is 0. The molecule has 0 bridgehead atoms. The van der Waals surface area contributed by atoms with E-state index in [1.54, 1.807) is 0 Å². The molecule has 22 valence electrons. The van der Waals surface area contributed by atoms with E-state index in [2.05, 4.69) is 0 Å². The summed E-state index contributed by atoms with van der Waals surface area (Å²) in [7, 11) is 0. The van der Waals surface area contributed by atoms with E-state index >= 15 is 0 Å². The first-order valence-electron chi connectivity index (χ1n) is 0.408. The van der Waals surface area contributed by atoms with E-state index in [1.807, 2.05) is 0 Å². The first-order valence-corrected chi connectivity index (χ1v) is 1.68. The van der Waals surface area contributed by atoms with Crippen molar-refractivity contribution in [3.8, 4) is 0 Å². The molecule has 4 heavy (non-hydrogen) atoms. The van der Waals surface area contributed by atoms with Gasteiger partial charge in [0, 0.05) is 0 Å². The van der Waals surface area contributed by atoms with Gasteiger partial charge in [0.2, 0.25) is 0 Å². The van der Waals surface area contributed by atoms with Crippen LogP contribution in [0.25, 0.3) is 0 Å². The van der Waals surface area contributed by atoms with Gasteiger partial charge >= 0.3 is 25.7 Å². The summed E-state index contributed by atoms with van der Waals surface area (Å²) >= 11 is -2.00. The predicted octanol–water partition coefficient (Wildman–Crippen LogP) is -1.42. The van der Waals surface area contributed by atoms with E-state index in [1.165, 1.54) is 0 Å². The fourth-order valence-corrected chi connectivity index (χ4v) is 0. The minimum atomic E-state index is -2.00. The third-order valence-corrected chi connectivity index (χ3v) is 0. The van der Waals surface area contributed by atoms with Crippen molar-refractivity contribution in [1.29, 1.82) is 0 Å². The molecule has 0 fully saturated rings. The molecule has 0 heterocycles. The Morgan fingerprint density at radius 1 is 1.25 bits per heavy atom. The molecule has 0 spiro atoms. The van der Waals surface area contributed by atoms with Crippen molar-refractivity contribution >= 4 is 17.4 Å². The van der Waals surface area contributed by atoms with Crippen LogP contribution in [0.2, 0.25) is 0 Å².